The molecule has 14 heavy (non-hydrogen) atoms. The van der Waals surface area contributed by atoms with Gasteiger partial charge in [0.25, 0.3) is 0 Å². The van der Waals surface area contributed by atoms with Crippen molar-refractivity contribution in [3.05, 3.63) is 0 Å². The van der Waals surface area contributed by atoms with E-state index in [0.29, 0.717) is 0 Å². The highest BCUT2D eigenvalue weighted by molar-refractivity contribution is 4.78. The predicted molar refractivity (Wildman–Crippen MR) is 48.5 cm³/mol. The average Bonchev–Trinajstić information content (AvgIpc) is 2.23. The molecule has 1 fully saturated rings. The minimum Gasteiger partial charge on any atom is -0.303 e. The molecule has 5 nitrogen and oxygen atoms in total. The monoisotopic (exact) mass is 200 g/mol. The summed E-state index contributed by atoms with van der Waals surface area (Å²) >= 11 is 0. The van der Waals surface area contributed by atoms with Crippen LogP contribution in [0.3, 0.4) is 0 Å². The van der Waals surface area contributed by atoms with Gasteiger partial charge in [0.2, 0.25) is 0 Å². The van der Waals surface area contributed by atoms with Crippen LogP contribution in [0.2, 0.25) is 0 Å². The van der Waals surface area contributed by atoms with E-state index in [1.807, 2.05) is 27.7 Å². The summed E-state index contributed by atoms with van der Waals surface area (Å²) in [5, 5.41) is 7.91. The van der Waals surface area contributed by atoms with Crippen LogP contribution < -0.4 is 0 Å². The summed E-state index contributed by atoms with van der Waals surface area (Å²) < 4.78 is 16.6. The smallest absolute Gasteiger partial charge is 0.303 e. The first-order valence-corrected chi connectivity index (χ1v) is 4.91. The molecule has 2 aliphatic rings. The van der Waals surface area contributed by atoms with Crippen molar-refractivity contribution < 1.29 is 14.2 Å². The van der Waals surface area contributed by atoms with Gasteiger partial charge < -0.3 is 9.47 Å². The first-order chi connectivity index (χ1) is 6.41. The van der Waals surface area contributed by atoms with Crippen molar-refractivity contribution in [1.29, 1.82) is 0 Å². The zero-order chi connectivity index (χ0) is 10.4. The summed E-state index contributed by atoms with van der Waals surface area (Å²) in [5.74, 6) is 0. The Balaban J connectivity index is 2.14. The first-order valence-electron chi connectivity index (χ1n) is 4.91. The topological polar surface area (TPSA) is 52.4 Å². The lowest BCUT2D eigenvalue weighted by atomic mass is 10.2. The molecule has 0 aromatic rings. The molecule has 0 saturated carbocycles. The highest BCUT2D eigenvalue weighted by Crippen LogP contribution is 2.38. The molecule has 0 aliphatic carbocycles. The molecular formula is C9H16N2O3. The van der Waals surface area contributed by atoms with Crippen molar-refractivity contribution in [1.82, 2.24) is 0 Å². The van der Waals surface area contributed by atoms with Crippen molar-refractivity contribution in [3.63, 3.8) is 0 Å². The van der Waals surface area contributed by atoms with Gasteiger partial charge in [0, 0.05) is 0 Å². The molecule has 2 aliphatic heterocycles. The fraction of sp³-hybridized carbons (Fsp3) is 1.00. The molecule has 0 aromatic heterocycles. The number of azo groups is 1. The molecule has 0 unspecified atom stereocenters. The molecule has 0 amide bonds. The standard InChI is InChI=1S/C9H16N2O3/c1-6-5-7(2)13-9(12-6)11-10-8(3,4)14-9/h6-7H,5H2,1-4H3/t6-,7-/m0/s1. The third-order valence-corrected chi connectivity index (χ3v) is 2.16. The van der Waals surface area contributed by atoms with Gasteiger partial charge in [-0.2, -0.15) is 5.11 Å². The lowest BCUT2D eigenvalue weighted by molar-refractivity contribution is -0.429. The molecule has 0 N–H and O–H groups in total. The van der Waals surface area contributed by atoms with Crippen LogP contribution in [-0.4, -0.2) is 24.0 Å². The quantitative estimate of drug-likeness (QED) is 0.601. The highest BCUT2D eigenvalue weighted by atomic mass is 16.9. The van der Waals surface area contributed by atoms with Gasteiger partial charge in [-0.25, -0.2) is 0 Å². The van der Waals surface area contributed by atoms with Crippen molar-refractivity contribution >= 4 is 0 Å². The fourth-order valence-corrected chi connectivity index (χ4v) is 1.73. The average molecular weight is 200 g/mol. The Labute approximate surface area is 83.4 Å². The van der Waals surface area contributed by atoms with Gasteiger partial charge in [-0.05, 0) is 34.1 Å². The van der Waals surface area contributed by atoms with Crippen LogP contribution in [0.1, 0.15) is 34.1 Å². The SMILES string of the molecule is C[C@H]1C[C@H](C)OC2(N=NC(C)(C)O2)O1. The Bertz CT molecular complexity index is 255. The lowest BCUT2D eigenvalue weighted by Crippen LogP contribution is -2.48. The van der Waals surface area contributed by atoms with E-state index < -0.39 is 11.8 Å². The molecular weight excluding hydrogens is 184 g/mol. The summed E-state index contributed by atoms with van der Waals surface area (Å²) in [4.78, 5) is 0. The fourth-order valence-electron chi connectivity index (χ4n) is 1.73. The Morgan fingerprint density at radius 3 is 2.07 bits per heavy atom. The number of ether oxygens (including phenoxy) is 3. The van der Waals surface area contributed by atoms with E-state index in [-0.39, 0.29) is 12.2 Å². The van der Waals surface area contributed by atoms with E-state index in [9.17, 15) is 0 Å². The summed E-state index contributed by atoms with van der Waals surface area (Å²) in [6.45, 7) is 7.60. The second-order valence-electron chi connectivity index (χ2n) is 4.37. The molecule has 2 heterocycles. The molecule has 5 heteroatoms. The molecule has 0 aromatic carbocycles. The molecule has 80 valence electrons. The van der Waals surface area contributed by atoms with Crippen LogP contribution in [-0.2, 0) is 14.2 Å². The van der Waals surface area contributed by atoms with Crippen LogP contribution in [0.15, 0.2) is 10.2 Å². The molecule has 1 spiro atoms. The lowest BCUT2D eigenvalue weighted by Gasteiger charge is -2.36. The first kappa shape index (κ1) is 10.0. The van der Waals surface area contributed by atoms with Gasteiger partial charge >= 0.3 is 6.10 Å². The maximum Gasteiger partial charge on any atom is 0.415 e. The van der Waals surface area contributed by atoms with Crippen molar-refractivity contribution in [2.45, 2.75) is 58.1 Å². The summed E-state index contributed by atoms with van der Waals surface area (Å²) in [7, 11) is 0. The van der Waals surface area contributed by atoms with Crippen LogP contribution in [0.4, 0.5) is 0 Å². The van der Waals surface area contributed by atoms with Gasteiger partial charge in [0.1, 0.15) is 0 Å². The Hall–Kier alpha value is -0.520. The summed E-state index contributed by atoms with van der Waals surface area (Å²) in [6.07, 6.45) is -0.292. The number of nitrogens with zero attached hydrogens (tertiary/aromatic N) is 2. The number of hydrogen-bond donors (Lipinski definition) is 0. The van der Waals surface area contributed by atoms with E-state index in [4.69, 9.17) is 14.2 Å². The Morgan fingerprint density at radius 2 is 1.64 bits per heavy atom. The summed E-state index contributed by atoms with van der Waals surface area (Å²) in [5.41, 5.74) is -0.656. The Kier molecular flexibility index (Phi) is 2.13. The van der Waals surface area contributed by atoms with E-state index in [2.05, 4.69) is 10.2 Å². The van der Waals surface area contributed by atoms with Crippen molar-refractivity contribution in [3.8, 4) is 0 Å². The largest absolute Gasteiger partial charge is 0.415 e. The number of hydrogen-bond acceptors (Lipinski definition) is 5. The number of rotatable bonds is 0. The third-order valence-electron chi connectivity index (χ3n) is 2.16. The highest BCUT2D eigenvalue weighted by Gasteiger charge is 2.50. The molecule has 0 bridgehead atoms. The second-order valence-corrected chi connectivity index (χ2v) is 4.37. The Morgan fingerprint density at radius 1 is 1.07 bits per heavy atom. The zero-order valence-electron chi connectivity index (χ0n) is 8.98. The second kappa shape index (κ2) is 2.98. The minimum atomic E-state index is -1.29. The van der Waals surface area contributed by atoms with E-state index in [0.717, 1.165) is 6.42 Å². The zero-order valence-corrected chi connectivity index (χ0v) is 8.98. The third kappa shape index (κ3) is 1.80. The molecule has 2 atom stereocenters. The maximum atomic E-state index is 5.54. The van der Waals surface area contributed by atoms with Gasteiger partial charge in [0.05, 0.1) is 12.2 Å². The van der Waals surface area contributed by atoms with Gasteiger partial charge in [-0.1, -0.05) is 5.11 Å². The van der Waals surface area contributed by atoms with Crippen LogP contribution >= 0.6 is 0 Å². The predicted octanol–water partition coefficient (Wildman–Crippen LogP) is 2.03. The molecule has 1 saturated heterocycles. The van der Waals surface area contributed by atoms with Gasteiger partial charge in [-0.3, -0.25) is 4.74 Å². The van der Waals surface area contributed by atoms with Crippen molar-refractivity contribution in [2.75, 3.05) is 0 Å². The van der Waals surface area contributed by atoms with E-state index in [1.165, 1.54) is 0 Å². The molecule has 2 rings (SSSR count). The van der Waals surface area contributed by atoms with Crippen LogP contribution in [0.25, 0.3) is 0 Å². The molecule has 0 radical (unpaired) electrons. The van der Waals surface area contributed by atoms with Gasteiger partial charge in [0.15, 0.2) is 5.72 Å². The maximum absolute atomic E-state index is 5.54. The van der Waals surface area contributed by atoms with Gasteiger partial charge in [-0.15, -0.1) is 0 Å². The van der Waals surface area contributed by atoms with Crippen molar-refractivity contribution in [2.24, 2.45) is 10.2 Å². The minimum absolute atomic E-state index is 0.0756. The van der Waals surface area contributed by atoms with Crippen LogP contribution in [0.5, 0.6) is 0 Å². The summed E-state index contributed by atoms with van der Waals surface area (Å²) in [6, 6.07) is 0. The van der Waals surface area contributed by atoms with Crippen LogP contribution in [0, 0.1) is 0 Å². The normalized spacial score (nSPS) is 46.0. The van der Waals surface area contributed by atoms with E-state index >= 15 is 0 Å². The van der Waals surface area contributed by atoms with E-state index in [1.54, 1.807) is 0 Å².